The number of aromatic nitrogens is 2. The molecule has 0 saturated carbocycles. The van der Waals surface area contributed by atoms with Gasteiger partial charge in [0.05, 0.1) is 5.69 Å². The molecule has 6 nitrogen and oxygen atoms in total. The molecule has 0 amide bonds. The zero-order valence-electron chi connectivity index (χ0n) is 25.0. The molecule has 5 rings (SSSR count). The number of piperidine rings is 1. The van der Waals surface area contributed by atoms with E-state index in [4.69, 9.17) is 5.10 Å². The summed E-state index contributed by atoms with van der Waals surface area (Å²) < 4.78 is 16.4. The summed E-state index contributed by atoms with van der Waals surface area (Å²) in [5.74, 6) is -0.237. The average Bonchev–Trinajstić information content (AvgIpc) is 3.57. The second kappa shape index (κ2) is 12.5. The van der Waals surface area contributed by atoms with Crippen molar-refractivity contribution in [3.05, 3.63) is 89.0 Å². The van der Waals surface area contributed by atoms with E-state index >= 15 is 0 Å². The molecule has 7 heteroatoms. The summed E-state index contributed by atoms with van der Waals surface area (Å²) >= 11 is 0. The maximum atomic E-state index is 14.3. The van der Waals surface area contributed by atoms with Crippen LogP contribution in [-0.4, -0.2) is 68.9 Å². The van der Waals surface area contributed by atoms with Crippen LogP contribution in [0, 0.1) is 17.7 Å². The summed E-state index contributed by atoms with van der Waals surface area (Å²) in [6.45, 7) is 13.1. The number of halogens is 1. The highest BCUT2D eigenvalue weighted by molar-refractivity contribution is 5.78. The van der Waals surface area contributed by atoms with Gasteiger partial charge in [-0.25, -0.2) is 4.39 Å². The summed E-state index contributed by atoms with van der Waals surface area (Å²) in [6, 6.07) is 19.7. The fraction of sp³-hybridized carbons (Fsp3) is 0.529. The minimum Gasteiger partial charge on any atom is -0.480 e. The largest absolute Gasteiger partial charge is 0.480 e. The molecule has 1 aromatic heterocycles. The number of carboxylic acid groups (broad SMARTS) is 1. The number of rotatable bonds is 10. The number of benzene rings is 2. The molecule has 1 N–H and O–H groups in total. The van der Waals surface area contributed by atoms with Crippen LogP contribution in [0.5, 0.6) is 0 Å². The maximum Gasteiger partial charge on any atom is 0.324 e. The summed E-state index contributed by atoms with van der Waals surface area (Å²) in [4.78, 5) is 17.1. The summed E-state index contributed by atoms with van der Waals surface area (Å²) in [7, 11) is 0. The molecule has 2 aromatic carbocycles. The van der Waals surface area contributed by atoms with Crippen molar-refractivity contribution in [1.82, 2.24) is 19.6 Å². The monoisotopic (exact) mass is 560 g/mol. The Bertz CT molecular complexity index is 1320. The molecule has 0 aliphatic carbocycles. The number of carboxylic acids is 1. The average molecular weight is 561 g/mol. The molecule has 2 aliphatic heterocycles. The van der Waals surface area contributed by atoms with Gasteiger partial charge in [0.15, 0.2) is 0 Å². The van der Waals surface area contributed by atoms with E-state index in [-0.39, 0.29) is 23.6 Å². The SMILES string of the molecule is CCn1nc(Cc2ccccc2)cc1C1CCN(C[C@H]2CN([C@](C)(C(=O)O)C(C)C)C[C@@H]2c2cccc(F)c2)CC1. The van der Waals surface area contributed by atoms with Crippen molar-refractivity contribution in [2.24, 2.45) is 11.8 Å². The Hall–Kier alpha value is -3.03. The van der Waals surface area contributed by atoms with E-state index in [1.807, 2.05) is 32.9 Å². The van der Waals surface area contributed by atoms with Crippen LogP contribution >= 0.6 is 0 Å². The van der Waals surface area contributed by atoms with E-state index < -0.39 is 11.5 Å². The third-order valence-electron chi connectivity index (χ3n) is 9.82. The van der Waals surface area contributed by atoms with Gasteiger partial charge in [-0.3, -0.25) is 14.4 Å². The molecular weight excluding hydrogens is 515 g/mol. The number of hydrogen-bond donors (Lipinski definition) is 1. The standard InChI is InChI=1S/C34H45FN4O2/c1-5-39-32(20-30(36-39)18-25-10-7-6-8-11-25)26-14-16-37(17-15-26)21-28-22-38(34(4,24(2)3)33(40)41)23-31(28)27-12-9-13-29(35)19-27/h6-13,19-20,24,26,28,31H,5,14-18,21-23H2,1-4H3,(H,40,41)/t28-,31+,34-/m0/s1. The number of aryl methyl sites for hydroxylation is 1. The second-order valence-corrected chi connectivity index (χ2v) is 12.5. The van der Waals surface area contributed by atoms with Gasteiger partial charge >= 0.3 is 5.97 Å². The van der Waals surface area contributed by atoms with Crippen LogP contribution < -0.4 is 0 Å². The highest BCUT2D eigenvalue weighted by Gasteiger charge is 2.49. The molecule has 3 atom stereocenters. The third kappa shape index (κ3) is 6.26. The molecule has 3 heterocycles. The minimum absolute atomic E-state index is 0.0437. The minimum atomic E-state index is -0.955. The molecule has 2 saturated heterocycles. The van der Waals surface area contributed by atoms with Crippen LogP contribution in [-0.2, 0) is 17.8 Å². The quantitative estimate of drug-likeness (QED) is 0.328. The molecule has 0 unspecified atom stereocenters. The van der Waals surface area contributed by atoms with Gasteiger partial charge in [-0.05, 0) is 80.9 Å². The molecular formula is C34H45FN4O2. The Morgan fingerprint density at radius 2 is 1.80 bits per heavy atom. The summed E-state index contributed by atoms with van der Waals surface area (Å²) in [5, 5.41) is 15.1. The van der Waals surface area contributed by atoms with Crippen LogP contribution in [0.25, 0.3) is 0 Å². The van der Waals surface area contributed by atoms with Crippen molar-refractivity contribution in [2.45, 2.75) is 70.9 Å². The van der Waals surface area contributed by atoms with E-state index in [0.29, 0.717) is 19.0 Å². The zero-order valence-corrected chi connectivity index (χ0v) is 25.0. The van der Waals surface area contributed by atoms with Crippen molar-refractivity contribution in [3.63, 3.8) is 0 Å². The fourth-order valence-electron chi connectivity index (χ4n) is 7.00. The van der Waals surface area contributed by atoms with Crippen molar-refractivity contribution < 1.29 is 14.3 Å². The summed E-state index contributed by atoms with van der Waals surface area (Å²) in [6.07, 6.45) is 3.01. The van der Waals surface area contributed by atoms with Crippen molar-refractivity contribution in [3.8, 4) is 0 Å². The molecule has 220 valence electrons. The molecule has 3 aromatic rings. The molecule has 0 bridgehead atoms. The number of aliphatic carboxylic acids is 1. The Balaban J connectivity index is 1.28. The van der Waals surface area contributed by atoms with Crippen LogP contribution in [0.4, 0.5) is 4.39 Å². The number of hydrogen-bond acceptors (Lipinski definition) is 4. The molecule has 2 aliphatic rings. The van der Waals surface area contributed by atoms with Gasteiger partial charge in [0.25, 0.3) is 0 Å². The molecule has 0 radical (unpaired) electrons. The van der Waals surface area contributed by atoms with Gasteiger partial charge in [-0.2, -0.15) is 5.10 Å². The first-order valence-electron chi connectivity index (χ1n) is 15.3. The summed E-state index contributed by atoms with van der Waals surface area (Å²) in [5.41, 5.74) is 3.78. The Labute approximate surface area is 244 Å². The first-order chi connectivity index (χ1) is 19.7. The van der Waals surface area contributed by atoms with Gasteiger partial charge in [0, 0.05) is 50.1 Å². The Morgan fingerprint density at radius 3 is 2.44 bits per heavy atom. The lowest BCUT2D eigenvalue weighted by molar-refractivity contribution is -0.153. The number of carbonyl (C=O) groups is 1. The lowest BCUT2D eigenvalue weighted by atomic mass is 9.86. The Kier molecular flexibility index (Phi) is 8.95. The van der Waals surface area contributed by atoms with Crippen LogP contribution in [0.15, 0.2) is 60.7 Å². The second-order valence-electron chi connectivity index (χ2n) is 12.5. The van der Waals surface area contributed by atoms with Gasteiger partial charge in [-0.15, -0.1) is 0 Å². The van der Waals surface area contributed by atoms with Crippen molar-refractivity contribution in [1.29, 1.82) is 0 Å². The first-order valence-corrected chi connectivity index (χ1v) is 15.3. The lowest BCUT2D eigenvalue weighted by Crippen LogP contribution is -2.55. The van der Waals surface area contributed by atoms with E-state index in [2.05, 4.69) is 51.7 Å². The number of nitrogens with zero attached hydrogens (tertiary/aromatic N) is 4. The van der Waals surface area contributed by atoms with Crippen LogP contribution in [0.3, 0.4) is 0 Å². The predicted molar refractivity (Wildman–Crippen MR) is 161 cm³/mol. The predicted octanol–water partition coefficient (Wildman–Crippen LogP) is 6.03. The van der Waals surface area contributed by atoms with E-state index in [1.165, 1.54) is 17.3 Å². The Morgan fingerprint density at radius 1 is 1.07 bits per heavy atom. The molecule has 0 spiro atoms. The fourth-order valence-corrected chi connectivity index (χ4v) is 7.00. The normalized spacial score (nSPS) is 22.3. The van der Waals surface area contributed by atoms with Gasteiger partial charge in [0.2, 0.25) is 0 Å². The maximum absolute atomic E-state index is 14.3. The van der Waals surface area contributed by atoms with Gasteiger partial charge in [0.1, 0.15) is 11.4 Å². The van der Waals surface area contributed by atoms with Crippen molar-refractivity contribution in [2.75, 3.05) is 32.7 Å². The highest BCUT2D eigenvalue weighted by atomic mass is 19.1. The smallest absolute Gasteiger partial charge is 0.324 e. The van der Waals surface area contributed by atoms with E-state index in [0.717, 1.165) is 56.7 Å². The molecule has 2 fully saturated rings. The topological polar surface area (TPSA) is 61.6 Å². The zero-order chi connectivity index (χ0) is 29.1. The van der Waals surface area contributed by atoms with E-state index in [9.17, 15) is 14.3 Å². The van der Waals surface area contributed by atoms with Crippen LogP contribution in [0.2, 0.25) is 0 Å². The van der Waals surface area contributed by atoms with Gasteiger partial charge < -0.3 is 10.0 Å². The molecule has 41 heavy (non-hydrogen) atoms. The van der Waals surface area contributed by atoms with Crippen molar-refractivity contribution >= 4 is 5.97 Å². The number of likely N-dealkylation sites (tertiary alicyclic amines) is 2. The highest BCUT2D eigenvalue weighted by Crippen LogP contribution is 2.40. The third-order valence-corrected chi connectivity index (χ3v) is 9.82. The lowest BCUT2D eigenvalue weighted by Gasteiger charge is -2.39. The van der Waals surface area contributed by atoms with E-state index in [1.54, 1.807) is 12.1 Å². The first kappa shape index (κ1) is 29.5. The van der Waals surface area contributed by atoms with Gasteiger partial charge in [-0.1, -0.05) is 56.3 Å². The van der Waals surface area contributed by atoms with Crippen LogP contribution in [0.1, 0.15) is 74.9 Å².